The number of ether oxygens (including phenoxy) is 3. The normalized spacial score (nSPS) is 20.2. The highest BCUT2D eigenvalue weighted by Crippen LogP contribution is 2.44. The Hall–Kier alpha value is -2.99. The van der Waals surface area contributed by atoms with E-state index < -0.39 is 0 Å². The lowest BCUT2D eigenvalue weighted by molar-refractivity contribution is 0.155. The average molecular weight is 522 g/mol. The van der Waals surface area contributed by atoms with E-state index in [1.807, 2.05) is 40.7 Å². The first-order valence-electron chi connectivity index (χ1n) is 14.2. The van der Waals surface area contributed by atoms with E-state index in [2.05, 4.69) is 67.9 Å². The summed E-state index contributed by atoms with van der Waals surface area (Å²) in [4.78, 5) is 2.37. The van der Waals surface area contributed by atoms with Crippen LogP contribution in [0.3, 0.4) is 0 Å². The molecule has 1 aromatic carbocycles. The van der Waals surface area contributed by atoms with Crippen LogP contribution in [0.2, 0.25) is 0 Å². The molecule has 0 aliphatic carbocycles. The molecule has 38 heavy (non-hydrogen) atoms. The molecular formula is C32H47N3O3. The largest absolute Gasteiger partial charge is 0.494 e. The molecule has 6 nitrogen and oxygen atoms in total. The monoisotopic (exact) mass is 521 g/mol. The number of rotatable bonds is 6. The Morgan fingerprint density at radius 2 is 1.92 bits per heavy atom. The predicted octanol–water partition coefficient (Wildman–Crippen LogP) is 7.58. The number of benzene rings is 1. The Morgan fingerprint density at radius 1 is 1.18 bits per heavy atom. The fourth-order valence-electron chi connectivity index (χ4n) is 5.07. The van der Waals surface area contributed by atoms with Crippen LogP contribution in [0.5, 0.6) is 5.75 Å². The summed E-state index contributed by atoms with van der Waals surface area (Å²) >= 11 is 0. The second kappa shape index (κ2) is 12.7. The van der Waals surface area contributed by atoms with E-state index >= 15 is 0 Å². The van der Waals surface area contributed by atoms with Crippen LogP contribution in [0.25, 0.3) is 16.6 Å². The van der Waals surface area contributed by atoms with Crippen molar-refractivity contribution < 1.29 is 14.2 Å². The van der Waals surface area contributed by atoms with E-state index in [0.717, 1.165) is 65.4 Å². The molecule has 0 spiro atoms. The van der Waals surface area contributed by atoms with E-state index in [-0.39, 0.29) is 11.5 Å². The first kappa shape index (κ1) is 29.6. The highest BCUT2D eigenvalue weighted by molar-refractivity contribution is 5.95. The molecule has 5 rings (SSSR count). The lowest BCUT2D eigenvalue weighted by Crippen LogP contribution is -2.47. The number of allylic oxidation sites excluding steroid dienone is 2. The fraction of sp³-hybridized carbons (Fsp3) is 0.531. The topological polar surface area (TPSA) is 48.8 Å². The van der Waals surface area contributed by atoms with Gasteiger partial charge in [-0.15, -0.1) is 0 Å². The molecular weight excluding hydrogens is 474 g/mol. The van der Waals surface area contributed by atoms with Crippen LogP contribution in [-0.2, 0) is 16.0 Å². The third-order valence-electron chi connectivity index (χ3n) is 6.98. The lowest BCUT2D eigenvalue weighted by Gasteiger charge is -2.46. The van der Waals surface area contributed by atoms with Crippen LogP contribution in [0.4, 0.5) is 0 Å². The van der Waals surface area contributed by atoms with Gasteiger partial charge < -0.3 is 19.1 Å². The van der Waals surface area contributed by atoms with Gasteiger partial charge in [-0.1, -0.05) is 73.8 Å². The summed E-state index contributed by atoms with van der Waals surface area (Å²) in [5.74, 6) is 1.94. The van der Waals surface area contributed by atoms with E-state index in [1.54, 1.807) is 0 Å². The summed E-state index contributed by atoms with van der Waals surface area (Å²) in [6, 6.07) is 6.42. The molecule has 3 aliphatic rings. The molecule has 1 aromatic heterocycles. The van der Waals surface area contributed by atoms with Crippen LogP contribution >= 0.6 is 0 Å². The van der Waals surface area contributed by atoms with Gasteiger partial charge in [-0.2, -0.15) is 5.10 Å². The second-order valence-corrected chi connectivity index (χ2v) is 10.5. The quantitative estimate of drug-likeness (QED) is 0.367. The summed E-state index contributed by atoms with van der Waals surface area (Å²) < 4.78 is 19.7. The number of nitrogens with zero attached hydrogens (tertiary/aromatic N) is 3. The molecule has 0 bridgehead atoms. The van der Waals surface area contributed by atoms with Gasteiger partial charge in [0.25, 0.3) is 0 Å². The van der Waals surface area contributed by atoms with E-state index in [1.165, 1.54) is 0 Å². The maximum atomic E-state index is 6.26. The van der Waals surface area contributed by atoms with Gasteiger partial charge in [0.1, 0.15) is 17.0 Å². The van der Waals surface area contributed by atoms with Gasteiger partial charge in [0.2, 0.25) is 0 Å². The minimum atomic E-state index is 0.0178. The van der Waals surface area contributed by atoms with Crippen LogP contribution in [0, 0.1) is 11.3 Å². The minimum Gasteiger partial charge on any atom is -0.494 e. The van der Waals surface area contributed by atoms with Crippen LogP contribution in [-0.4, -0.2) is 47.1 Å². The lowest BCUT2D eigenvalue weighted by atomic mass is 9.82. The zero-order valence-electron chi connectivity index (χ0n) is 24.8. The Balaban J connectivity index is 0.000000956. The molecule has 3 aliphatic heterocycles. The van der Waals surface area contributed by atoms with Gasteiger partial charge in [-0.05, 0) is 36.5 Å². The molecule has 208 valence electrons. The molecule has 0 radical (unpaired) electrons. The number of aromatic nitrogens is 2. The highest BCUT2D eigenvalue weighted by atomic mass is 16.5. The Labute approximate surface area is 229 Å². The van der Waals surface area contributed by atoms with Gasteiger partial charge in [0, 0.05) is 29.7 Å². The molecule has 2 aromatic rings. The van der Waals surface area contributed by atoms with Crippen molar-refractivity contribution in [3.63, 3.8) is 0 Å². The molecule has 1 fully saturated rings. The van der Waals surface area contributed by atoms with E-state index in [9.17, 15) is 0 Å². The summed E-state index contributed by atoms with van der Waals surface area (Å²) in [5, 5.41) is 6.16. The van der Waals surface area contributed by atoms with Crippen LogP contribution in [0.1, 0.15) is 67.5 Å². The van der Waals surface area contributed by atoms with E-state index in [4.69, 9.17) is 19.3 Å². The van der Waals surface area contributed by atoms with Crippen molar-refractivity contribution in [1.29, 1.82) is 0 Å². The van der Waals surface area contributed by atoms with Crippen molar-refractivity contribution in [3.05, 3.63) is 66.2 Å². The number of fused-ring (bicyclic) bond motifs is 5. The van der Waals surface area contributed by atoms with Gasteiger partial charge in [0.05, 0.1) is 43.8 Å². The smallest absolute Gasteiger partial charge is 0.147 e. The zero-order valence-corrected chi connectivity index (χ0v) is 24.8. The maximum Gasteiger partial charge on any atom is 0.147 e. The Bertz CT molecular complexity index is 1190. The van der Waals surface area contributed by atoms with Gasteiger partial charge >= 0.3 is 0 Å². The van der Waals surface area contributed by atoms with Crippen molar-refractivity contribution in [2.45, 2.75) is 74.4 Å². The molecule has 0 N–H and O–H groups in total. The third-order valence-corrected chi connectivity index (χ3v) is 6.98. The number of hydrogen-bond acceptors (Lipinski definition) is 5. The first-order valence-corrected chi connectivity index (χ1v) is 14.2. The second-order valence-electron chi connectivity index (χ2n) is 10.5. The van der Waals surface area contributed by atoms with Crippen molar-refractivity contribution in [2.24, 2.45) is 11.3 Å². The minimum absolute atomic E-state index is 0.0178. The molecule has 2 unspecified atom stereocenters. The van der Waals surface area contributed by atoms with Gasteiger partial charge in [0.15, 0.2) is 0 Å². The standard InChI is InChI=1S/C28H35N3O3.2C2H6/c1-7-33-19(3)22-14-30-23(13-18(22)2)27-21-9-8-10-24(34-17-20-11-12-32-16-20)26(21)29-31(27)15-25(30)28(4,5)6;2*1-2/h8-10,13-14,20,25H,2-3,7,11-12,15-17H2,1,4-6H3;2*1-2H3. The third kappa shape index (κ3) is 5.85. The maximum absolute atomic E-state index is 6.26. The summed E-state index contributed by atoms with van der Waals surface area (Å²) in [7, 11) is 0. The fourth-order valence-corrected chi connectivity index (χ4v) is 5.07. The molecule has 6 heteroatoms. The van der Waals surface area contributed by atoms with Gasteiger partial charge in [-0.25, -0.2) is 0 Å². The van der Waals surface area contributed by atoms with Crippen molar-refractivity contribution in [1.82, 2.24) is 14.7 Å². The van der Waals surface area contributed by atoms with Crippen molar-refractivity contribution in [3.8, 4) is 5.75 Å². The summed E-state index contributed by atoms with van der Waals surface area (Å²) in [6.07, 6.45) is 5.36. The summed E-state index contributed by atoms with van der Waals surface area (Å²) in [6.45, 7) is 28.9. The molecule has 1 saturated heterocycles. The number of hydrogen-bond donors (Lipinski definition) is 0. The predicted molar refractivity (Wildman–Crippen MR) is 158 cm³/mol. The molecule has 0 saturated carbocycles. The van der Waals surface area contributed by atoms with Gasteiger partial charge in [-0.3, -0.25) is 4.68 Å². The van der Waals surface area contributed by atoms with Crippen LogP contribution in [0.15, 0.2) is 60.5 Å². The average Bonchev–Trinajstić information content (AvgIpc) is 3.56. The Morgan fingerprint density at radius 3 is 2.55 bits per heavy atom. The Kier molecular flexibility index (Phi) is 9.88. The molecule has 0 amide bonds. The SMILES string of the molecule is C=C1C=C2c3c4cccc(OCC5CCOC5)c4nn3CC(C(C)(C)C)N2C=C1C(=C)OCC.CC.CC. The van der Waals surface area contributed by atoms with Crippen molar-refractivity contribution in [2.75, 3.05) is 26.4 Å². The summed E-state index contributed by atoms with van der Waals surface area (Å²) in [5.41, 5.74) is 4.97. The molecule has 2 atom stereocenters. The highest BCUT2D eigenvalue weighted by Gasteiger charge is 2.40. The first-order chi connectivity index (χ1) is 18.3. The molecule has 4 heterocycles. The zero-order chi connectivity index (χ0) is 28.0. The van der Waals surface area contributed by atoms with E-state index in [0.29, 0.717) is 24.9 Å². The van der Waals surface area contributed by atoms with Crippen LogP contribution < -0.4 is 4.74 Å². The van der Waals surface area contributed by atoms with Crippen molar-refractivity contribution >= 4 is 16.6 Å².